The maximum absolute atomic E-state index is 12.9. The molecule has 110 valence electrons. The van der Waals surface area contributed by atoms with Crippen LogP contribution in [0.4, 0.5) is 0 Å². The van der Waals surface area contributed by atoms with Gasteiger partial charge in [-0.25, -0.2) is 0 Å². The first-order valence-corrected chi connectivity index (χ1v) is 8.33. The molecule has 0 aromatic carbocycles. The Morgan fingerprint density at radius 2 is 2.10 bits per heavy atom. The molecule has 1 heterocycles. The van der Waals surface area contributed by atoms with Crippen LogP contribution in [0.2, 0.25) is 0 Å². The van der Waals surface area contributed by atoms with Crippen LogP contribution in [0.5, 0.6) is 0 Å². The second-order valence-corrected chi connectivity index (χ2v) is 6.83. The Morgan fingerprint density at radius 1 is 1.25 bits per heavy atom. The highest BCUT2D eigenvalue weighted by Gasteiger charge is 2.50. The maximum Gasteiger partial charge on any atom is 0.157 e. The second kappa shape index (κ2) is 5.48. The lowest BCUT2D eigenvalue weighted by Crippen LogP contribution is -2.58. The third-order valence-corrected chi connectivity index (χ3v) is 5.76. The van der Waals surface area contributed by atoms with Crippen LogP contribution in [0.15, 0.2) is 23.8 Å². The molecule has 2 aliphatic carbocycles. The Morgan fingerprint density at radius 3 is 2.70 bits per heavy atom. The van der Waals surface area contributed by atoms with Gasteiger partial charge in [-0.3, -0.25) is 9.69 Å². The molecule has 1 aliphatic heterocycles. The van der Waals surface area contributed by atoms with Crippen molar-refractivity contribution in [2.75, 3.05) is 6.54 Å². The van der Waals surface area contributed by atoms with E-state index in [1.807, 2.05) is 0 Å². The number of nitrogens with zero attached hydrogens (tertiary/aromatic N) is 1. The van der Waals surface area contributed by atoms with Crippen molar-refractivity contribution in [1.29, 1.82) is 0 Å². The van der Waals surface area contributed by atoms with E-state index in [0.717, 1.165) is 38.6 Å². The topological polar surface area (TPSA) is 20.3 Å². The zero-order valence-electron chi connectivity index (χ0n) is 12.9. The third-order valence-electron chi connectivity index (χ3n) is 5.76. The number of likely N-dealkylation sites (tertiary alicyclic amines) is 1. The van der Waals surface area contributed by atoms with E-state index in [4.69, 9.17) is 0 Å². The summed E-state index contributed by atoms with van der Waals surface area (Å²) in [6.07, 6.45) is 14.3. The molecule has 2 unspecified atom stereocenters. The quantitative estimate of drug-likeness (QED) is 0.761. The standard InChI is InChI=1S/C18H27NO/c1-14-11-13-19(15(14)2)18(12-7-6-10-17(18)20)16-8-4-3-5-9-16/h4,8-9,14-15H,3,5-7,10-13H2,1-2H3/t14?,15?,18-/m0/s1. The van der Waals surface area contributed by atoms with Gasteiger partial charge in [-0.15, -0.1) is 0 Å². The molecule has 2 fully saturated rings. The summed E-state index contributed by atoms with van der Waals surface area (Å²) in [6, 6.07) is 0.522. The van der Waals surface area contributed by atoms with Gasteiger partial charge in [0, 0.05) is 19.0 Å². The second-order valence-electron chi connectivity index (χ2n) is 6.83. The first-order valence-electron chi connectivity index (χ1n) is 8.33. The highest BCUT2D eigenvalue weighted by Crippen LogP contribution is 2.43. The Bertz CT molecular complexity index is 450. The predicted molar refractivity (Wildman–Crippen MR) is 82.6 cm³/mol. The third kappa shape index (κ3) is 2.09. The monoisotopic (exact) mass is 273 g/mol. The van der Waals surface area contributed by atoms with Crippen LogP contribution in [0.3, 0.4) is 0 Å². The molecule has 1 saturated carbocycles. The molecule has 3 aliphatic rings. The van der Waals surface area contributed by atoms with Crippen LogP contribution < -0.4 is 0 Å². The highest BCUT2D eigenvalue weighted by molar-refractivity contribution is 5.93. The number of ketones is 1. The molecular weight excluding hydrogens is 246 g/mol. The molecular formula is C18H27NO. The molecule has 0 bridgehead atoms. The van der Waals surface area contributed by atoms with Crippen molar-refractivity contribution in [3.05, 3.63) is 23.8 Å². The number of hydrogen-bond donors (Lipinski definition) is 0. The summed E-state index contributed by atoms with van der Waals surface area (Å²) in [6.45, 7) is 5.73. The van der Waals surface area contributed by atoms with Gasteiger partial charge in [-0.2, -0.15) is 0 Å². The summed E-state index contributed by atoms with van der Waals surface area (Å²) in [5.41, 5.74) is 1.01. The smallest absolute Gasteiger partial charge is 0.157 e. The molecule has 2 heteroatoms. The van der Waals surface area contributed by atoms with E-state index in [1.165, 1.54) is 18.4 Å². The number of allylic oxidation sites excluding steroid dienone is 2. The van der Waals surface area contributed by atoms with Crippen molar-refractivity contribution in [1.82, 2.24) is 4.90 Å². The lowest BCUT2D eigenvalue weighted by molar-refractivity contribution is -0.132. The largest absolute Gasteiger partial charge is 0.297 e. The maximum atomic E-state index is 12.9. The minimum absolute atomic E-state index is 0.292. The normalized spacial score (nSPS) is 39.1. The minimum atomic E-state index is -0.292. The van der Waals surface area contributed by atoms with Crippen LogP contribution in [-0.2, 0) is 4.79 Å². The molecule has 0 aromatic rings. The summed E-state index contributed by atoms with van der Waals surface area (Å²) < 4.78 is 0. The fourth-order valence-corrected chi connectivity index (χ4v) is 4.34. The van der Waals surface area contributed by atoms with E-state index in [2.05, 4.69) is 37.0 Å². The molecule has 0 aromatic heterocycles. The molecule has 0 radical (unpaired) electrons. The van der Waals surface area contributed by atoms with E-state index >= 15 is 0 Å². The summed E-state index contributed by atoms with van der Waals surface area (Å²) >= 11 is 0. The highest BCUT2D eigenvalue weighted by atomic mass is 16.1. The summed E-state index contributed by atoms with van der Waals surface area (Å²) in [7, 11) is 0. The molecule has 20 heavy (non-hydrogen) atoms. The van der Waals surface area contributed by atoms with E-state index < -0.39 is 0 Å². The fourth-order valence-electron chi connectivity index (χ4n) is 4.34. The van der Waals surface area contributed by atoms with Crippen molar-refractivity contribution in [2.45, 2.75) is 70.4 Å². The molecule has 3 rings (SSSR count). The van der Waals surface area contributed by atoms with Gasteiger partial charge in [-0.1, -0.05) is 31.6 Å². The van der Waals surface area contributed by atoms with Crippen LogP contribution in [0.1, 0.15) is 58.8 Å². The number of carbonyl (C=O) groups is 1. The number of Topliss-reactive ketones (excluding diaryl/α,β-unsaturated/α-hetero) is 1. The molecule has 0 amide bonds. The van der Waals surface area contributed by atoms with Gasteiger partial charge in [0.1, 0.15) is 5.54 Å². The zero-order valence-corrected chi connectivity index (χ0v) is 12.9. The predicted octanol–water partition coefficient (Wildman–Crippen LogP) is 3.88. The summed E-state index contributed by atoms with van der Waals surface area (Å²) in [4.78, 5) is 15.5. The first-order chi connectivity index (χ1) is 9.66. The molecule has 0 N–H and O–H groups in total. The average molecular weight is 273 g/mol. The van der Waals surface area contributed by atoms with E-state index in [0.29, 0.717) is 17.7 Å². The Kier molecular flexibility index (Phi) is 3.85. The fraction of sp³-hybridized carbons (Fsp3) is 0.722. The van der Waals surface area contributed by atoms with Crippen molar-refractivity contribution < 1.29 is 4.79 Å². The van der Waals surface area contributed by atoms with Crippen LogP contribution >= 0.6 is 0 Å². The lowest BCUT2D eigenvalue weighted by atomic mass is 9.72. The lowest BCUT2D eigenvalue weighted by Gasteiger charge is -2.47. The summed E-state index contributed by atoms with van der Waals surface area (Å²) in [5, 5.41) is 0. The van der Waals surface area contributed by atoms with Gasteiger partial charge < -0.3 is 0 Å². The molecule has 1 saturated heterocycles. The van der Waals surface area contributed by atoms with Gasteiger partial charge in [0.2, 0.25) is 0 Å². The van der Waals surface area contributed by atoms with Crippen molar-refractivity contribution in [3.63, 3.8) is 0 Å². The van der Waals surface area contributed by atoms with E-state index in [-0.39, 0.29) is 5.54 Å². The van der Waals surface area contributed by atoms with Gasteiger partial charge in [-0.05, 0) is 50.5 Å². The van der Waals surface area contributed by atoms with Crippen LogP contribution in [0.25, 0.3) is 0 Å². The average Bonchev–Trinajstić information content (AvgIpc) is 2.81. The van der Waals surface area contributed by atoms with Crippen molar-refractivity contribution >= 4 is 5.78 Å². The Labute approximate surface area is 122 Å². The first kappa shape index (κ1) is 14.1. The molecule has 3 atom stereocenters. The van der Waals surface area contributed by atoms with Crippen molar-refractivity contribution in [2.24, 2.45) is 5.92 Å². The number of rotatable bonds is 2. The van der Waals surface area contributed by atoms with Crippen LogP contribution in [-0.4, -0.2) is 28.8 Å². The SMILES string of the molecule is CC1CCN([C@]2(C3=CCCC=C3)CCCCC2=O)C1C. The van der Waals surface area contributed by atoms with Gasteiger partial charge in [0.05, 0.1) is 0 Å². The van der Waals surface area contributed by atoms with E-state index in [1.54, 1.807) is 0 Å². The molecule has 0 spiro atoms. The minimum Gasteiger partial charge on any atom is -0.297 e. The van der Waals surface area contributed by atoms with Crippen LogP contribution in [0, 0.1) is 5.92 Å². The van der Waals surface area contributed by atoms with Gasteiger partial charge in [0.15, 0.2) is 5.78 Å². The zero-order chi connectivity index (χ0) is 14.2. The summed E-state index contributed by atoms with van der Waals surface area (Å²) in [5.74, 6) is 1.18. The Hall–Kier alpha value is -0.890. The number of hydrogen-bond acceptors (Lipinski definition) is 2. The Balaban J connectivity index is 2.01. The van der Waals surface area contributed by atoms with Gasteiger partial charge >= 0.3 is 0 Å². The molecule has 2 nitrogen and oxygen atoms in total. The number of carbonyl (C=O) groups excluding carboxylic acids is 1. The van der Waals surface area contributed by atoms with Crippen molar-refractivity contribution in [3.8, 4) is 0 Å². The van der Waals surface area contributed by atoms with E-state index in [9.17, 15) is 4.79 Å². The van der Waals surface area contributed by atoms with Gasteiger partial charge in [0.25, 0.3) is 0 Å².